The molecule has 1 amide bonds. The molecule has 2 aromatic rings. The Morgan fingerprint density at radius 3 is 2.26 bits per heavy atom. The lowest BCUT2D eigenvalue weighted by Gasteiger charge is -2.26. The molecule has 7 nitrogen and oxygen atoms in total. The number of carbonyl (C=O) groups is 2. The molecule has 0 aliphatic heterocycles. The van der Waals surface area contributed by atoms with Gasteiger partial charge in [-0.25, -0.2) is 9.59 Å². The molecule has 7 heteroatoms. The van der Waals surface area contributed by atoms with Crippen LogP contribution in [0.2, 0.25) is 0 Å². The Hall–Kier alpha value is -3.06. The van der Waals surface area contributed by atoms with Crippen molar-refractivity contribution in [3.63, 3.8) is 0 Å². The van der Waals surface area contributed by atoms with Gasteiger partial charge in [-0.3, -0.25) is 0 Å². The van der Waals surface area contributed by atoms with Crippen LogP contribution in [-0.2, 0) is 16.0 Å². The minimum atomic E-state index is -0.975. The number of hydrogen-bond donors (Lipinski definition) is 1. The Bertz CT molecular complexity index is 894. The zero-order valence-electron chi connectivity index (χ0n) is 20.7. The van der Waals surface area contributed by atoms with Gasteiger partial charge in [0.2, 0.25) is 0 Å². The molecule has 0 aliphatic rings. The number of nitrogens with zero attached hydrogens (tertiary/aromatic N) is 1. The smallest absolute Gasteiger partial charge is 0.415 e. The van der Waals surface area contributed by atoms with Crippen LogP contribution in [0.5, 0.6) is 11.5 Å². The van der Waals surface area contributed by atoms with Gasteiger partial charge >= 0.3 is 12.1 Å². The van der Waals surface area contributed by atoms with Gasteiger partial charge in [-0.1, -0.05) is 57.0 Å². The Morgan fingerprint density at radius 2 is 1.68 bits per heavy atom. The van der Waals surface area contributed by atoms with E-state index in [0.29, 0.717) is 43.7 Å². The van der Waals surface area contributed by atoms with Crippen molar-refractivity contribution in [2.45, 2.75) is 53.1 Å². The number of benzene rings is 2. The van der Waals surface area contributed by atoms with E-state index < -0.39 is 12.1 Å². The van der Waals surface area contributed by atoms with Gasteiger partial charge in [0.05, 0.1) is 6.54 Å². The third-order valence-electron chi connectivity index (χ3n) is 5.80. The molecule has 1 atom stereocenters. The molecule has 0 fully saturated rings. The maximum absolute atomic E-state index is 12.9. The highest BCUT2D eigenvalue weighted by atomic mass is 16.6. The molecule has 0 radical (unpaired) electrons. The van der Waals surface area contributed by atoms with Gasteiger partial charge in [-0.05, 0) is 49.1 Å². The minimum Gasteiger partial charge on any atom is -0.492 e. The first-order valence-electron chi connectivity index (χ1n) is 12.0. The van der Waals surface area contributed by atoms with Crippen molar-refractivity contribution in [1.29, 1.82) is 0 Å². The number of para-hydroxylation sites is 1. The van der Waals surface area contributed by atoms with E-state index in [1.165, 1.54) is 0 Å². The van der Waals surface area contributed by atoms with Gasteiger partial charge < -0.3 is 24.2 Å². The van der Waals surface area contributed by atoms with Gasteiger partial charge in [0.25, 0.3) is 0 Å². The standard InChI is InChI=1S/C27H37NO6/c1-5-21(6-2)19-28(27(31)34-24-11-9-8-10-20(24)4)16-17-33-23-14-12-22(13-15-23)18-25(26(29)30)32-7-3/h8-15,21,25H,5-7,16-19H2,1-4H3,(H,29,30). The molecule has 34 heavy (non-hydrogen) atoms. The van der Waals surface area contributed by atoms with Gasteiger partial charge in [-0.2, -0.15) is 0 Å². The Kier molecular flexibility index (Phi) is 11.4. The zero-order chi connectivity index (χ0) is 24.9. The number of carbonyl (C=O) groups excluding carboxylic acids is 1. The average Bonchev–Trinajstić information content (AvgIpc) is 2.83. The Labute approximate surface area is 202 Å². The number of aliphatic carboxylic acids is 1. The minimum absolute atomic E-state index is 0.289. The van der Waals surface area contributed by atoms with Gasteiger partial charge in [0, 0.05) is 19.6 Å². The number of ether oxygens (including phenoxy) is 3. The third-order valence-corrected chi connectivity index (χ3v) is 5.80. The van der Waals surface area contributed by atoms with Gasteiger partial charge in [-0.15, -0.1) is 0 Å². The van der Waals surface area contributed by atoms with Crippen molar-refractivity contribution in [2.24, 2.45) is 5.92 Å². The van der Waals surface area contributed by atoms with Crippen LogP contribution in [0.15, 0.2) is 48.5 Å². The molecule has 0 bridgehead atoms. The zero-order valence-corrected chi connectivity index (χ0v) is 20.7. The van der Waals surface area contributed by atoms with Crippen molar-refractivity contribution in [3.8, 4) is 11.5 Å². The fourth-order valence-corrected chi connectivity index (χ4v) is 3.57. The number of carboxylic acid groups (broad SMARTS) is 1. The van der Waals surface area contributed by atoms with Crippen molar-refractivity contribution in [1.82, 2.24) is 4.90 Å². The number of hydrogen-bond acceptors (Lipinski definition) is 5. The van der Waals surface area contributed by atoms with E-state index in [4.69, 9.17) is 14.2 Å². The molecule has 0 heterocycles. The molecule has 1 N–H and O–H groups in total. The predicted molar refractivity (Wildman–Crippen MR) is 132 cm³/mol. The lowest BCUT2D eigenvalue weighted by Crippen LogP contribution is -2.40. The van der Waals surface area contributed by atoms with E-state index in [0.717, 1.165) is 24.0 Å². The van der Waals surface area contributed by atoms with E-state index in [2.05, 4.69) is 13.8 Å². The second kappa shape index (κ2) is 14.3. The highest BCUT2D eigenvalue weighted by molar-refractivity contribution is 5.72. The van der Waals surface area contributed by atoms with Crippen molar-refractivity contribution < 1.29 is 28.9 Å². The monoisotopic (exact) mass is 471 g/mol. The van der Waals surface area contributed by atoms with Crippen molar-refractivity contribution in [2.75, 3.05) is 26.3 Å². The summed E-state index contributed by atoms with van der Waals surface area (Å²) in [5.74, 6) is 0.626. The van der Waals surface area contributed by atoms with Gasteiger partial charge in [0.15, 0.2) is 6.10 Å². The second-order valence-electron chi connectivity index (χ2n) is 8.24. The molecule has 0 saturated carbocycles. The summed E-state index contributed by atoms with van der Waals surface area (Å²) in [6.45, 7) is 9.60. The molecule has 2 rings (SSSR count). The quantitative estimate of drug-likeness (QED) is 0.400. The highest BCUT2D eigenvalue weighted by Gasteiger charge is 2.20. The summed E-state index contributed by atoms with van der Waals surface area (Å²) < 4.78 is 16.8. The van der Waals surface area contributed by atoms with Crippen molar-refractivity contribution >= 4 is 12.1 Å². The van der Waals surface area contributed by atoms with Crippen LogP contribution in [0.3, 0.4) is 0 Å². The fourth-order valence-electron chi connectivity index (χ4n) is 3.57. The first-order valence-corrected chi connectivity index (χ1v) is 12.0. The van der Waals surface area contributed by atoms with Crippen LogP contribution in [-0.4, -0.2) is 54.5 Å². The molecular weight excluding hydrogens is 434 g/mol. The summed E-state index contributed by atoms with van der Waals surface area (Å²) in [5, 5.41) is 9.25. The first-order chi connectivity index (χ1) is 16.4. The first kappa shape index (κ1) is 27.2. The number of carboxylic acids is 1. The lowest BCUT2D eigenvalue weighted by molar-refractivity contribution is -0.149. The Morgan fingerprint density at radius 1 is 1.00 bits per heavy atom. The molecule has 0 saturated heterocycles. The van der Waals surface area contributed by atoms with E-state index in [9.17, 15) is 14.7 Å². The molecule has 2 aromatic carbocycles. The summed E-state index contributed by atoms with van der Waals surface area (Å²) in [4.78, 5) is 25.9. The predicted octanol–water partition coefficient (Wildman–Crippen LogP) is 5.34. The normalized spacial score (nSPS) is 11.8. The number of aryl methyl sites for hydroxylation is 1. The molecule has 0 aliphatic carbocycles. The van der Waals surface area contributed by atoms with E-state index in [-0.39, 0.29) is 12.5 Å². The van der Waals surface area contributed by atoms with Crippen LogP contribution in [0.1, 0.15) is 44.7 Å². The van der Waals surface area contributed by atoms with Crippen LogP contribution in [0, 0.1) is 12.8 Å². The number of rotatable bonds is 14. The van der Waals surface area contributed by atoms with Crippen LogP contribution in [0.25, 0.3) is 0 Å². The maximum atomic E-state index is 12.9. The summed E-state index contributed by atoms with van der Waals surface area (Å²) in [6, 6.07) is 14.7. The topological polar surface area (TPSA) is 85.3 Å². The summed E-state index contributed by atoms with van der Waals surface area (Å²) in [6.07, 6.45) is 1.00. The SMILES string of the molecule is CCOC(Cc1ccc(OCCN(CC(CC)CC)C(=O)Oc2ccccc2C)cc1)C(=O)O. The van der Waals surface area contributed by atoms with Crippen LogP contribution in [0.4, 0.5) is 4.79 Å². The average molecular weight is 472 g/mol. The lowest BCUT2D eigenvalue weighted by atomic mass is 10.0. The van der Waals surface area contributed by atoms with E-state index in [1.807, 2.05) is 37.3 Å². The summed E-state index contributed by atoms with van der Waals surface area (Å²) in [7, 11) is 0. The summed E-state index contributed by atoms with van der Waals surface area (Å²) in [5.41, 5.74) is 1.76. The van der Waals surface area contributed by atoms with Crippen LogP contribution < -0.4 is 9.47 Å². The highest BCUT2D eigenvalue weighted by Crippen LogP contribution is 2.19. The Balaban J connectivity index is 1.96. The van der Waals surface area contributed by atoms with Gasteiger partial charge in [0.1, 0.15) is 18.1 Å². The molecule has 0 aromatic heterocycles. The fraction of sp³-hybridized carbons (Fsp3) is 0.481. The summed E-state index contributed by atoms with van der Waals surface area (Å²) >= 11 is 0. The second-order valence-corrected chi connectivity index (χ2v) is 8.24. The third kappa shape index (κ3) is 8.71. The van der Waals surface area contributed by atoms with Crippen molar-refractivity contribution in [3.05, 3.63) is 59.7 Å². The molecule has 186 valence electrons. The van der Waals surface area contributed by atoms with E-state index in [1.54, 1.807) is 30.0 Å². The largest absolute Gasteiger partial charge is 0.492 e. The maximum Gasteiger partial charge on any atom is 0.415 e. The molecular formula is C27H37NO6. The van der Waals surface area contributed by atoms with Crippen LogP contribution >= 0.6 is 0 Å². The van der Waals surface area contributed by atoms with E-state index >= 15 is 0 Å². The molecule has 1 unspecified atom stereocenters. The molecule has 0 spiro atoms. The number of amides is 1.